The molecule has 2 aromatic carbocycles. The summed E-state index contributed by atoms with van der Waals surface area (Å²) in [6.07, 6.45) is 9.38. The normalized spacial score (nSPS) is 31.1. The summed E-state index contributed by atoms with van der Waals surface area (Å²) >= 11 is 6.46. The van der Waals surface area contributed by atoms with Gasteiger partial charge in [-0.2, -0.15) is 0 Å². The molecule has 51 heavy (non-hydrogen) atoms. The molecule has 6 atom stereocenters. The lowest BCUT2D eigenvalue weighted by Gasteiger charge is -2.49. The maximum atomic E-state index is 13.5. The molecule has 0 radical (unpaired) electrons. The van der Waals surface area contributed by atoms with Crippen molar-refractivity contribution in [2.75, 3.05) is 65.2 Å². The van der Waals surface area contributed by atoms with E-state index in [0.29, 0.717) is 58.2 Å². The fourth-order valence-corrected chi connectivity index (χ4v) is 9.89. The largest absolute Gasteiger partial charge is 0.490 e. The van der Waals surface area contributed by atoms with Crippen LogP contribution in [0.3, 0.4) is 0 Å². The second-order valence-corrected chi connectivity index (χ2v) is 17.9. The molecule has 0 aromatic heterocycles. The van der Waals surface area contributed by atoms with Gasteiger partial charge in [0.1, 0.15) is 5.75 Å². The molecular weight excluding hydrogens is 690 g/mol. The molecule has 280 valence electrons. The first-order valence-corrected chi connectivity index (χ1v) is 20.3. The van der Waals surface area contributed by atoms with Gasteiger partial charge in [-0.1, -0.05) is 36.7 Å². The standard InChI is InChI=1S/C39H54ClN3O7S/c1-27-7-5-16-39(45,17-19-49-26-42(3)18-20-48-4)34-12-9-31(34)23-43-24-38(15-6-8-29-21-32(40)11-13-33(29)38)25-50-36-14-10-30(22-35(36)43)37(44)41-51(46,47)28(27)2/h5,10-11,13-14,16,21-22,27-28,31,34,45H,6-9,12,15,17-20,23-26H2,1-4H3,(H,41,44)/b16-5+/t27-,28+,31-,34+,38-,39+/m0/s1. The van der Waals surface area contributed by atoms with E-state index in [1.54, 1.807) is 32.2 Å². The van der Waals surface area contributed by atoms with Gasteiger partial charge in [-0.05, 0) is 112 Å². The van der Waals surface area contributed by atoms with Crippen LogP contribution < -0.4 is 14.4 Å². The number of rotatable bonds is 8. The number of amides is 1. The second kappa shape index (κ2) is 15.7. The Hall–Kier alpha value is -2.67. The van der Waals surface area contributed by atoms with Crippen LogP contribution in [0.15, 0.2) is 48.6 Å². The second-order valence-electron chi connectivity index (χ2n) is 15.4. The highest BCUT2D eigenvalue weighted by atomic mass is 35.5. The third-order valence-corrected chi connectivity index (χ3v) is 14.0. The van der Waals surface area contributed by atoms with Crippen molar-refractivity contribution < 1.29 is 32.5 Å². The van der Waals surface area contributed by atoms with Crippen molar-refractivity contribution in [1.82, 2.24) is 9.62 Å². The number of halogens is 1. The number of hydrogen-bond acceptors (Lipinski definition) is 9. The van der Waals surface area contributed by atoms with Gasteiger partial charge in [0.05, 0.1) is 43.1 Å². The van der Waals surface area contributed by atoms with Crippen LogP contribution in [0.2, 0.25) is 5.02 Å². The minimum absolute atomic E-state index is 0.0274. The molecule has 2 heterocycles. The topological polar surface area (TPSA) is 118 Å². The van der Waals surface area contributed by atoms with Crippen molar-refractivity contribution >= 4 is 33.2 Å². The van der Waals surface area contributed by atoms with Gasteiger partial charge in [0.25, 0.3) is 5.91 Å². The van der Waals surface area contributed by atoms with Gasteiger partial charge in [-0.25, -0.2) is 13.1 Å². The molecule has 1 fully saturated rings. The molecule has 2 N–H and O–H groups in total. The average molecular weight is 744 g/mol. The summed E-state index contributed by atoms with van der Waals surface area (Å²) in [6.45, 7) is 7.41. The van der Waals surface area contributed by atoms with Crippen LogP contribution >= 0.6 is 11.6 Å². The Morgan fingerprint density at radius 1 is 1.16 bits per heavy atom. The number of hydrogen-bond donors (Lipinski definition) is 2. The molecule has 1 amide bonds. The molecule has 1 spiro atoms. The summed E-state index contributed by atoms with van der Waals surface area (Å²) in [5.41, 5.74) is 2.05. The zero-order valence-corrected chi connectivity index (χ0v) is 32.0. The number of fused-ring (bicyclic) bond motifs is 4. The van der Waals surface area contributed by atoms with Crippen molar-refractivity contribution in [3.8, 4) is 5.75 Å². The van der Waals surface area contributed by atoms with Crippen molar-refractivity contribution in [3.05, 3.63) is 70.3 Å². The summed E-state index contributed by atoms with van der Waals surface area (Å²) < 4.78 is 47.1. The van der Waals surface area contributed by atoms with Crippen LogP contribution in [0.25, 0.3) is 0 Å². The molecule has 2 bridgehead atoms. The van der Waals surface area contributed by atoms with Crippen molar-refractivity contribution in [2.24, 2.45) is 17.8 Å². The van der Waals surface area contributed by atoms with Crippen LogP contribution in [0.1, 0.15) is 73.9 Å². The van der Waals surface area contributed by atoms with Gasteiger partial charge in [0.15, 0.2) is 0 Å². The predicted octanol–water partition coefficient (Wildman–Crippen LogP) is 5.56. The molecule has 0 saturated heterocycles. The van der Waals surface area contributed by atoms with E-state index < -0.39 is 26.8 Å². The first-order chi connectivity index (χ1) is 24.3. The highest BCUT2D eigenvalue weighted by Crippen LogP contribution is 2.49. The highest BCUT2D eigenvalue weighted by Gasteiger charge is 2.48. The lowest BCUT2D eigenvalue weighted by molar-refractivity contribution is -0.0718. The number of aliphatic hydroxyl groups is 1. The number of aryl methyl sites for hydroxylation is 1. The molecule has 2 aliphatic heterocycles. The van der Waals surface area contributed by atoms with E-state index in [4.69, 9.17) is 25.8 Å². The number of allylic oxidation sites excluding steroid dienone is 1. The first kappa shape index (κ1) is 38.1. The zero-order chi connectivity index (χ0) is 36.4. The fourth-order valence-electron chi connectivity index (χ4n) is 8.41. The Bertz CT molecular complexity index is 1710. The Balaban J connectivity index is 1.36. The van der Waals surface area contributed by atoms with Gasteiger partial charge in [0.2, 0.25) is 10.0 Å². The van der Waals surface area contributed by atoms with Crippen LogP contribution in [-0.4, -0.2) is 95.5 Å². The SMILES string of the molecule is COCCN(C)COCC[C@]1(O)/C=C/C[C@H](C)[C@@H](C)S(=O)(=O)NC(=O)c2ccc3c(c2)N(C[C@@H]2CC[C@H]21)C[C@@]1(CCCc2cc(Cl)ccc21)CO3. The molecule has 12 heteroatoms. The summed E-state index contributed by atoms with van der Waals surface area (Å²) in [6, 6.07) is 11.4. The van der Waals surface area contributed by atoms with E-state index in [-0.39, 0.29) is 28.7 Å². The number of likely N-dealkylation sites (N-methyl/N-ethyl adjacent to an activating group) is 1. The number of anilines is 1. The maximum Gasteiger partial charge on any atom is 0.264 e. The van der Waals surface area contributed by atoms with Crippen LogP contribution in [0.4, 0.5) is 5.69 Å². The van der Waals surface area contributed by atoms with Gasteiger partial charge < -0.3 is 24.2 Å². The first-order valence-electron chi connectivity index (χ1n) is 18.4. The maximum absolute atomic E-state index is 13.5. The molecular formula is C39H54ClN3O7S. The van der Waals surface area contributed by atoms with Crippen molar-refractivity contribution in [1.29, 1.82) is 0 Å². The van der Waals surface area contributed by atoms with Crippen molar-refractivity contribution in [2.45, 2.75) is 75.1 Å². The molecule has 4 aliphatic rings. The number of sulfonamides is 1. The van der Waals surface area contributed by atoms with Gasteiger partial charge >= 0.3 is 0 Å². The number of ether oxygens (including phenoxy) is 3. The van der Waals surface area contributed by atoms with E-state index in [0.717, 1.165) is 49.4 Å². The fraction of sp³-hybridized carbons (Fsp3) is 0.615. The molecule has 10 nitrogen and oxygen atoms in total. The number of methoxy groups -OCH3 is 1. The molecule has 6 rings (SSSR count). The molecule has 1 saturated carbocycles. The summed E-state index contributed by atoms with van der Waals surface area (Å²) in [4.78, 5) is 17.9. The summed E-state index contributed by atoms with van der Waals surface area (Å²) in [7, 11) is -0.342. The smallest absolute Gasteiger partial charge is 0.264 e. The third kappa shape index (κ3) is 8.29. The van der Waals surface area contributed by atoms with E-state index in [1.165, 1.54) is 11.1 Å². The minimum Gasteiger partial charge on any atom is -0.490 e. The zero-order valence-electron chi connectivity index (χ0n) is 30.4. The summed E-state index contributed by atoms with van der Waals surface area (Å²) in [5, 5.41) is 12.3. The Labute approximate surface area is 308 Å². The van der Waals surface area contributed by atoms with Crippen LogP contribution in [-0.2, 0) is 31.3 Å². The number of carbonyl (C=O) groups is 1. The lowest BCUT2D eigenvalue weighted by Crippen LogP contribution is -2.52. The van der Waals surface area contributed by atoms with Gasteiger partial charge in [-0.3, -0.25) is 9.69 Å². The quantitative estimate of drug-likeness (QED) is 0.204. The molecule has 2 aromatic rings. The van der Waals surface area contributed by atoms with Gasteiger partial charge in [-0.15, -0.1) is 0 Å². The van der Waals surface area contributed by atoms with E-state index in [9.17, 15) is 18.3 Å². The Morgan fingerprint density at radius 2 is 1.98 bits per heavy atom. The van der Waals surface area contributed by atoms with Crippen molar-refractivity contribution in [3.63, 3.8) is 0 Å². The van der Waals surface area contributed by atoms with E-state index in [2.05, 4.69) is 21.8 Å². The third-order valence-electron chi connectivity index (χ3n) is 11.9. The predicted molar refractivity (Wildman–Crippen MR) is 200 cm³/mol. The number of nitrogens with one attached hydrogen (secondary N) is 1. The monoisotopic (exact) mass is 743 g/mol. The van der Waals surface area contributed by atoms with Crippen LogP contribution in [0, 0.1) is 17.8 Å². The molecule has 0 unspecified atom stereocenters. The highest BCUT2D eigenvalue weighted by molar-refractivity contribution is 7.90. The average Bonchev–Trinajstić information content (AvgIpc) is 3.23. The Morgan fingerprint density at radius 3 is 2.75 bits per heavy atom. The number of benzene rings is 2. The van der Waals surface area contributed by atoms with E-state index in [1.807, 2.05) is 37.1 Å². The minimum atomic E-state index is -3.99. The lowest BCUT2D eigenvalue weighted by atomic mass is 9.63. The Kier molecular flexibility index (Phi) is 11.8. The number of nitrogens with zero attached hydrogens (tertiary/aromatic N) is 2. The van der Waals surface area contributed by atoms with E-state index >= 15 is 0 Å². The molecule has 2 aliphatic carbocycles. The van der Waals surface area contributed by atoms with Crippen LogP contribution in [0.5, 0.6) is 5.75 Å². The number of carbonyl (C=O) groups excluding carboxylic acids is 1. The van der Waals surface area contributed by atoms with Gasteiger partial charge in [0, 0.05) is 49.2 Å². The summed E-state index contributed by atoms with van der Waals surface area (Å²) in [5.74, 6) is -0.151.